The molecular weight excluding hydrogens is 466 g/mol. The predicted octanol–water partition coefficient (Wildman–Crippen LogP) is 3.65. The van der Waals surface area contributed by atoms with Gasteiger partial charge in [-0.2, -0.15) is 0 Å². The summed E-state index contributed by atoms with van der Waals surface area (Å²) in [7, 11) is 4.51. The molecule has 2 fully saturated rings. The zero-order chi connectivity index (χ0) is 24.9. The molecule has 8 heteroatoms. The van der Waals surface area contributed by atoms with Crippen molar-refractivity contribution >= 4 is 46.0 Å². The van der Waals surface area contributed by atoms with Gasteiger partial charge in [0.2, 0.25) is 11.8 Å². The van der Waals surface area contributed by atoms with Crippen LogP contribution in [0.2, 0.25) is 5.02 Å². The lowest BCUT2D eigenvalue weighted by Gasteiger charge is -2.50. The Hall–Kier alpha value is -3.55. The molecule has 1 aliphatic carbocycles. The third kappa shape index (κ3) is 2.30. The third-order valence-electron chi connectivity index (χ3n) is 8.12. The maximum absolute atomic E-state index is 14.5. The summed E-state index contributed by atoms with van der Waals surface area (Å²) in [4.78, 5) is 59.8. The van der Waals surface area contributed by atoms with Gasteiger partial charge in [-0.15, -0.1) is 0 Å². The molecule has 2 spiro atoms. The van der Waals surface area contributed by atoms with Gasteiger partial charge < -0.3 is 0 Å². The lowest BCUT2D eigenvalue weighted by atomic mass is 9.58. The van der Waals surface area contributed by atoms with Crippen LogP contribution in [0.4, 0.5) is 4.79 Å². The first-order valence-electron chi connectivity index (χ1n) is 11.3. The normalized spacial score (nSPS) is 25.7. The van der Waals surface area contributed by atoms with Crippen molar-refractivity contribution in [1.29, 1.82) is 0 Å². The fourth-order valence-corrected chi connectivity index (χ4v) is 6.82. The number of hydrogen-bond acceptors (Lipinski definition) is 5. The minimum absolute atomic E-state index is 0.255. The Bertz CT molecular complexity index is 1450. The first-order chi connectivity index (χ1) is 16.7. The number of barbiturate groups is 1. The Morgan fingerprint density at radius 3 is 2.06 bits per heavy atom. The van der Waals surface area contributed by atoms with Crippen molar-refractivity contribution in [3.63, 3.8) is 0 Å². The molecule has 0 aromatic heterocycles. The fourth-order valence-electron chi connectivity index (χ4n) is 6.70. The van der Waals surface area contributed by atoms with Crippen LogP contribution in [0, 0.1) is 5.41 Å². The number of imide groups is 2. The number of nitrogens with zero attached hydrogens (tertiary/aromatic N) is 3. The number of carbonyl (C=O) groups excluding carboxylic acids is 4. The minimum Gasteiger partial charge on any atom is -0.292 e. The number of hydrogen-bond donors (Lipinski definition) is 0. The van der Waals surface area contributed by atoms with Crippen LogP contribution in [-0.4, -0.2) is 66.0 Å². The Morgan fingerprint density at radius 1 is 0.829 bits per heavy atom. The monoisotopic (exact) mass is 487 g/mol. The van der Waals surface area contributed by atoms with Crippen LogP contribution < -0.4 is 0 Å². The van der Waals surface area contributed by atoms with E-state index < -0.39 is 34.7 Å². The zero-order valence-corrected chi connectivity index (χ0v) is 20.2. The number of fused-ring (bicyclic) bond motifs is 2. The highest BCUT2D eigenvalue weighted by molar-refractivity contribution is 6.31. The van der Waals surface area contributed by atoms with Crippen molar-refractivity contribution in [2.45, 2.75) is 11.5 Å². The van der Waals surface area contributed by atoms with Crippen LogP contribution in [-0.2, 0) is 15.1 Å². The fraction of sp³-hybridized carbons (Fsp3) is 0.259. The number of likely N-dealkylation sites (tertiary alicyclic amines) is 1. The van der Waals surface area contributed by atoms with Gasteiger partial charge in [0.05, 0.1) is 0 Å². The van der Waals surface area contributed by atoms with Gasteiger partial charge in [0.15, 0.2) is 11.2 Å². The lowest BCUT2D eigenvalue weighted by Crippen LogP contribution is -2.72. The number of halogens is 1. The summed E-state index contributed by atoms with van der Waals surface area (Å²) in [6.45, 7) is 0.255. The van der Waals surface area contributed by atoms with Crippen LogP contribution >= 0.6 is 11.6 Å². The number of rotatable bonds is 1. The summed E-state index contributed by atoms with van der Waals surface area (Å²) in [5, 5.41) is 2.12. The van der Waals surface area contributed by atoms with Gasteiger partial charge in [0.1, 0.15) is 5.54 Å². The van der Waals surface area contributed by atoms with E-state index in [0.717, 1.165) is 20.6 Å². The van der Waals surface area contributed by atoms with Crippen LogP contribution in [0.25, 0.3) is 10.8 Å². The van der Waals surface area contributed by atoms with Gasteiger partial charge in [-0.25, -0.2) is 4.79 Å². The van der Waals surface area contributed by atoms with Gasteiger partial charge in [-0.1, -0.05) is 60.1 Å². The Balaban J connectivity index is 1.76. The highest BCUT2D eigenvalue weighted by atomic mass is 35.5. The first-order valence-corrected chi connectivity index (χ1v) is 11.7. The average Bonchev–Trinajstić information content (AvgIpc) is 3.29. The molecule has 4 amide bonds. The topological polar surface area (TPSA) is 78.0 Å². The van der Waals surface area contributed by atoms with Gasteiger partial charge in [0.25, 0.3) is 0 Å². The first kappa shape index (κ1) is 21.9. The van der Waals surface area contributed by atoms with E-state index >= 15 is 0 Å². The summed E-state index contributed by atoms with van der Waals surface area (Å²) < 4.78 is 0. The van der Waals surface area contributed by atoms with Crippen LogP contribution in [0.15, 0.2) is 60.7 Å². The largest absolute Gasteiger partial charge is 0.332 e. The Morgan fingerprint density at radius 2 is 1.43 bits per heavy atom. The second kappa shape index (κ2) is 6.99. The second-order valence-electron chi connectivity index (χ2n) is 9.55. The van der Waals surface area contributed by atoms with E-state index in [1.807, 2.05) is 35.2 Å². The summed E-state index contributed by atoms with van der Waals surface area (Å²) in [6, 6.07) is 17.3. The van der Waals surface area contributed by atoms with E-state index in [-0.39, 0.29) is 12.3 Å². The molecule has 0 radical (unpaired) electrons. The molecular formula is C27H22ClN3O4. The number of carbonyl (C=O) groups is 4. The highest BCUT2D eigenvalue weighted by Gasteiger charge is 2.79. The van der Waals surface area contributed by atoms with E-state index in [2.05, 4.69) is 0 Å². The van der Waals surface area contributed by atoms with Crippen molar-refractivity contribution in [2.24, 2.45) is 5.41 Å². The molecule has 2 saturated heterocycles. The molecule has 2 heterocycles. The molecule has 176 valence electrons. The number of likely N-dealkylation sites (N-methyl/N-ethyl adjacent to an activating group) is 1. The summed E-state index contributed by atoms with van der Waals surface area (Å²) in [5.41, 5.74) is -1.71. The van der Waals surface area contributed by atoms with E-state index in [1.165, 1.54) is 14.1 Å². The maximum atomic E-state index is 14.5. The predicted molar refractivity (Wildman–Crippen MR) is 130 cm³/mol. The van der Waals surface area contributed by atoms with Gasteiger partial charge in [-0.3, -0.25) is 29.1 Å². The molecule has 0 bridgehead atoms. The summed E-state index contributed by atoms with van der Waals surface area (Å²) >= 11 is 6.15. The van der Waals surface area contributed by atoms with Crippen molar-refractivity contribution in [1.82, 2.24) is 14.7 Å². The zero-order valence-electron chi connectivity index (χ0n) is 19.4. The number of ketones is 1. The number of Topliss-reactive ketones (excluding diaryl/α,β-unsaturated/α-hetero) is 1. The van der Waals surface area contributed by atoms with Gasteiger partial charge in [0, 0.05) is 37.1 Å². The third-order valence-corrected chi connectivity index (χ3v) is 8.37. The molecule has 6 rings (SSSR count). The molecule has 2 aliphatic heterocycles. The smallest absolute Gasteiger partial charge is 0.292 e. The SMILES string of the molecule is CN1C(=O)N(C)C(=O)C2(C1=O)[C@H](c1ccc(Cl)cc1)CN(C)[C@@]21C(=O)c2cccc3cccc1c23. The quantitative estimate of drug-likeness (QED) is 0.490. The van der Waals surface area contributed by atoms with Crippen LogP contribution in [0.1, 0.15) is 27.4 Å². The van der Waals surface area contributed by atoms with Crippen LogP contribution in [0.5, 0.6) is 0 Å². The van der Waals surface area contributed by atoms with E-state index in [9.17, 15) is 19.2 Å². The molecule has 3 aliphatic rings. The molecule has 7 nitrogen and oxygen atoms in total. The molecule has 2 atom stereocenters. The van der Waals surface area contributed by atoms with E-state index in [0.29, 0.717) is 21.7 Å². The maximum Gasteiger partial charge on any atom is 0.332 e. The lowest BCUT2D eigenvalue weighted by molar-refractivity contribution is -0.163. The molecule has 0 unspecified atom stereocenters. The standard InChI is InChI=1S/C27H22ClN3O4/c1-29-14-20(15-10-12-17(28)13-11-15)26(23(33)30(2)25(35)31(3)24(26)34)27(29)19-9-5-7-16-6-4-8-18(21(16)19)22(27)32/h4-13,20H,14H2,1-3H3/t20-,27-/m0/s1. The number of benzene rings is 3. The molecule has 35 heavy (non-hydrogen) atoms. The number of amides is 4. The minimum atomic E-state index is -1.89. The second-order valence-corrected chi connectivity index (χ2v) is 9.99. The number of urea groups is 1. The highest BCUT2D eigenvalue weighted by Crippen LogP contribution is 2.65. The molecule has 3 aromatic rings. The van der Waals surface area contributed by atoms with E-state index in [4.69, 9.17) is 11.6 Å². The van der Waals surface area contributed by atoms with Gasteiger partial charge >= 0.3 is 6.03 Å². The van der Waals surface area contributed by atoms with Crippen molar-refractivity contribution in [2.75, 3.05) is 27.7 Å². The van der Waals surface area contributed by atoms with Crippen molar-refractivity contribution in [3.8, 4) is 0 Å². The Kier molecular flexibility index (Phi) is 4.39. The van der Waals surface area contributed by atoms with Crippen molar-refractivity contribution < 1.29 is 19.2 Å². The molecule has 3 aromatic carbocycles. The molecule has 0 N–H and O–H groups in total. The van der Waals surface area contributed by atoms with Gasteiger partial charge in [-0.05, 0) is 41.1 Å². The average molecular weight is 488 g/mol. The van der Waals surface area contributed by atoms with Crippen molar-refractivity contribution in [3.05, 3.63) is 82.4 Å². The summed E-state index contributed by atoms with van der Waals surface area (Å²) in [5.74, 6) is -2.35. The van der Waals surface area contributed by atoms with Crippen LogP contribution in [0.3, 0.4) is 0 Å². The summed E-state index contributed by atoms with van der Waals surface area (Å²) in [6.07, 6.45) is 0. The molecule has 0 saturated carbocycles. The Labute approximate surface area is 206 Å². The van der Waals surface area contributed by atoms with E-state index in [1.54, 1.807) is 37.4 Å².